The number of amides is 1. The highest BCUT2D eigenvalue weighted by Gasteiger charge is 2.19. The molecule has 0 saturated carbocycles. The van der Waals surface area contributed by atoms with Crippen molar-refractivity contribution in [1.82, 2.24) is 14.5 Å². The number of carbonyl (C=O) groups is 1. The Kier molecular flexibility index (Phi) is 6.97. The Balaban J connectivity index is 1.46. The monoisotopic (exact) mass is 396 g/mol. The van der Waals surface area contributed by atoms with Gasteiger partial charge in [-0.3, -0.25) is 4.79 Å². The SMILES string of the molecule is CN(CCOc1ccccc1F)C(=O)[C@@H](N)Cc1cn(Cc2ccccc2)cn1. The van der Waals surface area contributed by atoms with Crippen molar-refractivity contribution in [1.29, 1.82) is 0 Å². The zero-order chi connectivity index (χ0) is 20.6. The van der Waals surface area contributed by atoms with Gasteiger partial charge in [-0.05, 0) is 17.7 Å². The Morgan fingerprint density at radius 3 is 2.69 bits per heavy atom. The maximum absolute atomic E-state index is 13.5. The third kappa shape index (κ3) is 5.89. The van der Waals surface area contributed by atoms with Crippen molar-refractivity contribution in [3.05, 3.63) is 84.2 Å². The third-order valence-electron chi connectivity index (χ3n) is 4.54. The molecular weight excluding hydrogens is 371 g/mol. The van der Waals surface area contributed by atoms with Crippen LogP contribution in [0.3, 0.4) is 0 Å². The molecular formula is C22H25FN4O2. The molecule has 152 valence electrons. The average molecular weight is 396 g/mol. The number of ether oxygens (including phenoxy) is 1. The first kappa shape index (κ1) is 20.5. The van der Waals surface area contributed by atoms with Gasteiger partial charge in [0.2, 0.25) is 5.91 Å². The van der Waals surface area contributed by atoms with Crippen LogP contribution >= 0.6 is 0 Å². The van der Waals surface area contributed by atoms with Gasteiger partial charge in [-0.15, -0.1) is 0 Å². The third-order valence-corrected chi connectivity index (χ3v) is 4.54. The van der Waals surface area contributed by atoms with E-state index < -0.39 is 11.9 Å². The second-order valence-corrected chi connectivity index (χ2v) is 6.87. The Bertz CT molecular complexity index is 929. The van der Waals surface area contributed by atoms with Gasteiger partial charge >= 0.3 is 0 Å². The molecule has 0 aliphatic carbocycles. The van der Waals surface area contributed by atoms with E-state index in [1.807, 2.05) is 41.1 Å². The van der Waals surface area contributed by atoms with Crippen molar-refractivity contribution < 1.29 is 13.9 Å². The fourth-order valence-electron chi connectivity index (χ4n) is 2.95. The molecule has 1 amide bonds. The highest BCUT2D eigenvalue weighted by molar-refractivity contribution is 5.81. The largest absolute Gasteiger partial charge is 0.489 e. The zero-order valence-corrected chi connectivity index (χ0v) is 16.4. The zero-order valence-electron chi connectivity index (χ0n) is 16.4. The summed E-state index contributed by atoms with van der Waals surface area (Å²) < 4.78 is 20.9. The molecule has 0 spiro atoms. The number of benzene rings is 2. The van der Waals surface area contributed by atoms with E-state index in [4.69, 9.17) is 10.5 Å². The summed E-state index contributed by atoms with van der Waals surface area (Å²) in [4.78, 5) is 18.3. The van der Waals surface area contributed by atoms with Crippen LogP contribution in [0.2, 0.25) is 0 Å². The molecule has 0 saturated heterocycles. The highest BCUT2D eigenvalue weighted by Crippen LogP contribution is 2.15. The van der Waals surface area contributed by atoms with Gasteiger partial charge in [0, 0.05) is 26.2 Å². The van der Waals surface area contributed by atoms with Crippen molar-refractivity contribution in [2.24, 2.45) is 5.73 Å². The fraction of sp³-hybridized carbons (Fsp3) is 0.273. The van der Waals surface area contributed by atoms with E-state index >= 15 is 0 Å². The standard InChI is InChI=1S/C22H25FN4O2/c1-26(11-12-29-21-10-6-5-9-19(21)23)22(28)20(24)13-18-15-27(16-25-18)14-17-7-3-2-4-8-17/h2-10,15-16,20H,11-14,24H2,1H3/t20-/m0/s1. The number of likely N-dealkylation sites (N-methyl/N-ethyl adjacent to an activating group) is 1. The van der Waals surface area contributed by atoms with Gasteiger partial charge in [-0.25, -0.2) is 9.37 Å². The Hall–Kier alpha value is -3.19. The van der Waals surface area contributed by atoms with Gasteiger partial charge in [0.1, 0.15) is 6.61 Å². The van der Waals surface area contributed by atoms with Gasteiger partial charge in [0.05, 0.1) is 24.6 Å². The summed E-state index contributed by atoms with van der Waals surface area (Å²) in [5, 5.41) is 0. The van der Waals surface area contributed by atoms with Crippen molar-refractivity contribution in [2.75, 3.05) is 20.2 Å². The molecule has 1 atom stereocenters. The van der Waals surface area contributed by atoms with Crippen LogP contribution in [0.5, 0.6) is 5.75 Å². The number of para-hydroxylation sites is 1. The number of carbonyl (C=O) groups excluding carboxylic acids is 1. The number of halogens is 1. The van der Waals surface area contributed by atoms with Gasteiger partial charge in [-0.2, -0.15) is 0 Å². The lowest BCUT2D eigenvalue weighted by Gasteiger charge is -2.21. The number of nitrogens with zero attached hydrogens (tertiary/aromatic N) is 3. The minimum Gasteiger partial charge on any atom is -0.489 e. The Labute approximate surface area is 169 Å². The first-order valence-corrected chi connectivity index (χ1v) is 9.45. The van der Waals surface area contributed by atoms with Crippen LogP contribution in [-0.2, 0) is 17.8 Å². The van der Waals surface area contributed by atoms with E-state index in [2.05, 4.69) is 4.98 Å². The normalized spacial score (nSPS) is 11.8. The van der Waals surface area contributed by atoms with Crippen LogP contribution in [0.1, 0.15) is 11.3 Å². The number of hydrogen-bond acceptors (Lipinski definition) is 4. The summed E-state index contributed by atoms with van der Waals surface area (Å²) in [6.07, 6.45) is 3.99. The molecule has 6 nitrogen and oxygen atoms in total. The van der Waals surface area contributed by atoms with E-state index in [0.717, 1.165) is 5.69 Å². The predicted molar refractivity (Wildman–Crippen MR) is 109 cm³/mol. The van der Waals surface area contributed by atoms with E-state index in [1.54, 1.807) is 31.6 Å². The van der Waals surface area contributed by atoms with Crippen molar-refractivity contribution >= 4 is 5.91 Å². The molecule has 29 heavy (non-hydrogen) atoms. The molecule has 0 aliphatic heterocycles. The lowest BCUT2D eigenvalue weighted by Crippen LogP contribution is -2.44. The van der Waals surface area contributed by atoms with Crippen LogP contribution in [0.15, 0.2) is 67.1 Å². The second-order valence-electron chi connectivity index (χ2n) is 6.87. The molecule has 3 rings (SSSR count). The minimum absolute atomic E-state index is 0.168. The molecule has 1 heterocycles. The first-order valence-electron chi connectivity index (χ1n) is 9.45. The number of imidazole rings is 1. The van der Waals surface area contributed by atoms with Gasteiger partial charge in [0.15, 0.2) is 11.6 Å². The van der Waals surface area contributed by atoms with Crippen LogP contribution in [0.4, 0.5) is 4.39 Å². The number of rotatable bonds is 9. The molecule has 0 unspecified atom stereocenters. The molecule has 0 radical (unpaired) electrons. The highest BCUT2D eigenvalue weighted by atomic mass is 19.1. The number of nitrogens with two attached hydrogens (primary N) is 1. The van der Waals surface area contributed by atoms with Crippen molar-refractivity contribution in [3.8, 4) is 5.75 Å². The fourth-order valence-corrected chi connectivity index (χ4v) is 2.95. The quantitative estimate of drug-likeness (QED) is 0.603. The summed E-state index contributed by atoms with van der Waals surface area (Å²) in [7, 11) is 1.65. The predicted octanol–water partition coefficient (Wildman–Crippen LogP) is 2.48. The summed E-state index contributed by atoms with van der Waals surface area (Å²) in [5.74, 6) is -0.467. The van der Waals surface area contributed by atoms with Gasteiger partial charge in [0.25, 0.3) is 0 Å². The second kappa shape index (κ2) is 9.84. The lowest BCUT2D eigenvalue weighted by molar-refractivity contribution is -0.131. The molecule has 1 aromatic heterocycles. The maximum Gasteiger partial charge on any atom is 0.239 e. The summed E-state index contributed by atoms with van der Waals surface area (Å²) in [6, 6.07) is 15.5. The minimum atomic E-state index is -0.700. The van der Waals surface area contributed by atoms with Crippen LogP contribution < -0.4 is 10.5 Å². The average Bonchev–Trinajstić information content (AvgIpc) is 3.16. The number of aromatic nitrogens is 2. The summed E-state index contributed by atoms with van der Waals surface area (Å²) >= 11 is 0. The summed E-state index contributed by atoms with van der Waals surface area (Å²) in [5.41, 5.74) is 8.01. The smallest absolute Gasteiger partial charge is 0.239 e. The summed E-state index contributed by atoms with van der Waals surface area (Å²) in [6.45, 7) is 1.20. The number of hydrogen-bond donors (Lipinski definition) is 1. The van der Waals surface area contributed by atoms with Gasteiger partial charge in [-0.1, -0.05) is 42.5 Å². The van der Waals surface area contributed by atoms with Crippen LogP contribution in [0.25, 0.3) is 0 Å². The van der Waals surface area contributed by atoms with E-state index in [0.29, 0.717) is 19.5 Å². The topological polar surface area (TPSA) is 73.4 Å². The first-order chi connectivity index (χ1) is 14.0. The molecule has 0 aliphatic rings. The van der Waals surface area contributed by atoms with E-state index in [9.17, 15) is 9.18 Å². The lowest BCUT2D eigenvalue weighted by atomic mass is 10.1. The molecule has 2 N–H and O–H groups in total. The van der Waals surface area contributed by atoms with E-state index in [-0.39, 0.29) is 18.3 Å². The van der Waals surface area contributed by atoms with Gasteiger partial charge < -0.3 is 19.9 Å². The van der Waals surface area contributed by atoms with E-state index in [1.165, 1.54) is 16.5 Å². The molecule has 0 bridgehead atoms. The molecule has 3 aromatic rings. The van der Waals surface area contributed by atoms with Crippen molar-refractivity contribution in [3.63, 3.8) is 0 Å². The van der Waals surface area contributed by atoms with Crippen LogP contribution in [-0.4, -0.2) is 46.6 Å². The molecule has 0 fully saturated rings. The maximum atomic E-state index is 13.5. The molecule has 7 heteroatoms. The Morgan fingerprint density at radius 2 is 1.93 bits per heavy atom. The van der Waals surface area contributed by atoms with Crippen LogP contribution in [0, 0.1) is 5.82 Å². The molecule has 2 aromatic carbocycles. The van der Waals surface area contributed by atoms with Crippen molar-refractivity contribution in [2.45, 2.75) is 19.0 Å². The Morgan fingerprint density at radius 1 is 1.21 bits per heavy atom.